The van der Waals surface area contributed by atoms with Crippen molar-refractivity contribution in [3.05, 3.63) is 0 Å². The van der Waals surface area contributed by atoms with E-state index in [1.54, 1.807) is 0 Å². The van der Waals surface area contributed by atoms with Crippen LogP contribution in [0.1, 0.15) is 72.1 Å². The molecule has 2 fully saturated rings. The molecule has 1 aliphatic carbocycles. The van der Waals surface area contributed by atoms with Gasteiger partial charge in [0.15, 0.2) is 0 Å². The summed E-state index contributed by atoms with van der Waals surface area (Å²) in [5, 5.41) is 3.76. The first-order valence-electron chi connectivity index (χ1n) is 9.06. The summed E-state index contributed by atoms with van der Waals surface area (Å²) in [6.45, 7) is 12.2. The van der Waals surface area contributed by atoms with Crippen molar-refractivity contribution < 1.29 is 0 Å². The van der Waals surface area contributed by atoms with Gasteiger partial charge in [-0.15, -0.1) is 0 Å². The molecule has 1 saturated carbocycles. The van der Waals surface area contributed by atoms with Crippen LogP contribution in [0.2, 0.25) is 0 Å². The minimum atomic E-state index is 0.577. The van der Waals surface area contributed by atoms with Gasteiger partial charge in [0, 0.05) is 19.1 Å². The lowest BCUT2D eigenvalue weighted by Crippen LogP contribution is -2.46. The van der Waals surface area contributed by atoms with Crippen molar-refractivity contribution in [3.63, 3.8) is 0 Å². The van der Waals surface area contributed by atoms with Crippen LogP contribution < -0.4 is 5.32 Å². The summed E-state index contributed by atoms with van der Waals surface area (Å²) in [5.41, 5.74) is 0.577. The Hall–Kier alpha value is -0.0800. The Morgan fingerprint density at radius 3 is 2.55 bits per heavy atom. The molecule has 2 rings (SSSR count). The van der Waals surface area contributed by atoms with Gasteiger partial charge >= 0.3 is 0 Å². The Labute approximate surface area is 126 Å². The molecule has 2 aliphatic rings. The molecule has 20 heavy (non-hydrogen) atoms. The van der Waals surface area contributed by atoms with Crippen molar-refractivity contribution >= 4 is 0 Å². The molecule has 0 bridgehead atoms. The van der Waals surface area contributed by atoms with Gasteiger partial charge in [0.2, 0.25) is 0 Å². The molecule has 1 aliphatic heterocycles. The second-order valence-electron chi connectivity index (χ2n) is 7.90. The molecule has 1 saturated heterocycles. The molecule has 0 aromatic carbocycles. The predicted octanol–water partition coefficient (Wildman–Crippen LogP) is 4.06. The largest absolute Gasteiger partial charge is 0.316 e. The monoisotopic (exact) mass is 280 g/mol. The van der Waals surface area contributed by atoms with E-state index in [0.29, 0.717) is 5.41 Å². The van der Waals surface area contributed by atoms with Crippen LogP contribution in [0.3, 0.4) is 0 Å². The van der Waals surface area contributed by atoms with Gasteiger partial charge in [0.05, 0.1) is 0 Å². The molecule has 118 valence electrons. The first kappa shape index (κ1) is 16.3. The predicted molar refractivity (Wildman–Crippen MR) is 88.1 cm³/mol. The average molecular weight is 280 g/mol. The normalized spacial score (nSPS) is 27.9. The number of rotatable bonds is 6. The van der Waals surface area contributed by atoms with Gasteiger partial charge in [-0.3, -0.25) is 0 Å². The van der Waals surface area contributed by atoms with E-state index in [-0.39, 0.29) is 0 Å². The first-order valence-corrected chi connectivity index (χ1v) is 9.06. The molecule has 0 aromatic rings. The van der Waals surface area contributed by atoms with Gasteiger partial charge in [-0.2, -0.15) is 0 Å². The van der Waals surface area contributed by atoms with Gasteiger partial charge in [-0.25, -0.2) is 0 Å². The zero-order chi connectivity index (χ0) is 14.4. The maximum absolute atomic E-state index is 3.76. The van der Waals surface area contributed by atoms with Crippen molar-refractivity contribution in [3.8, 4) is 0 Å². The maximum Gasteiger partial charge on any atom is 0.00671 e. The fourth-order valence-corrected chi connectivity index (χ4v) is 4.14. The van der Waals surface area contributed by atoms with Gasteiger partial charge in [-0.1, -0.05) is 39.5 Å². The Kier molecular flexibility index (Phi) is 6.35. The summed E-state index contributed by atoms with van der Waals surface area (Å²) in [7, 11) is 0. The quantitative estimate of drug-likeness (QED) is 0.789. The lowest BCUT2D eigenvalue weighted by Gasteiger charge is -2.38. The van der Waals surface area contributed by atoms with E-state index in [9.17, 15) is 0 Å². The highest BCUT2D eigenvalue weighted by molar-refractivity contribution is 4.91. The third kappa shape index (κ3) is 4.73. The van der Waals surface area contributed by atoms with Crippen molar-refractivity contribution in [1.82, 2.24) is 10.2 Å². The van der Waals surface area contributed by atoms with Crippen molar-refractivity contribution in [2.24, 2.45) is 11.3 Å². The topological polar surface area (TPSA) is 15.3 Å². The van der Waals surface area contributed by atoms with Crippen molar-refractivity contribution in [2.75, 3.05) is 26.2 Å². The standard InChI is InChI=1S/C18H36N2/c1-16(2)13-19-14-18(10-6-7-11-18)15-20-12-8-4-5-9-17(20)3/h16-17,19H,4-15H2,1-3H3. The summed E-state index contributed by atoms with van der Waals surface area (Å²) in [6, 6.07) is 0.806. The lowest BCUT2D eigenvalue weighted by atomic mass is 9.84. The van der Waals surface area contributed by atoms with Gasteiger partial charge in [0.25, 0.3) is 0 Å². The molecule has 0 spiro atoms. The Morgan fingerprint density at radius 1 is 1.10 bits per heavy atom. The maximum atomic E-state index is 3.76. The van der Waals surface area contributed by atoms with Crippen LogP contribution in [-0.2, 0) is 0 Å². The average Bonchev–Trinajstić information content (AvgIpc) is 2.76. The van der Waals surface area contributed by atoms with E-state index in [0.717, 1.165) is 12.0 Å². The Bertz CT molecular complexity index is 269. The van der Waals surface area contributed by atoms with Crippen LogP contribution in [0.25, 0.3) is 0 Å². The number of nitrogens with one attached hydrogen (secondary N) is 1. The number of hydrogen-bond donors (Lipinski definition) is 1. The molecule has 0 aromatic heterocycles. The zero-order valence-electron chi connectivity index (χ0n) is 14.1. The second kappa shape index (κ2) is 7.79. The van der Waals surface area contributed by atoms with E-state index in [2.05, 4.69) is 31.0 Å². The van der Waals surface area contributed by atoms with E-state index < -0.39 is 0 Å². The summed E-state index contributed by atoms with van der Waals surface area (Å²) in [5.74, 6) is 0.769. The second-order valence-corrected chi connectivity index (χ2v) is 7.90. The number of likely N-dealkylation sites (tertiary alicyclic amines) is 1. The van der Waals surface area contributed by atoms with Crippen LogP contribution in [0.15, 0.2) is 0 Å². The van der Waals surface area contributed by atoms with E-state index in [4.69, 9.17) is 0 Å². The van der Waals surface area contributed by atoms with Crippen LogP contribution >= 0.6 is 0 Å². The highest BCUT2D eigenvalue weighted by Gasteiger charge is 2.36. The molecule has 1 N–H and O–H groups in total. The molecule has 1 unspecified atom stereocenters. The third-order valence-electron chi connectivity index (χ3n) is 5.45. The summed E-state index contributed by atoms with van der Waals surface area (Å²) in [6.07, 6.45) is 11.5. The molecule has 2 nitrogen and oxygen atoms in total. The first-order chi connectivity index (χ1) is 9.61. The molecule has 0 amide bonds. The molecule has 1 atom stereocenters. The number of nitrogens with zero attached hydrogens (tertiary/aromatic N) is 1. The molecule has 0 radical (unpaired) electrons. The van der Waals surface area contributed by atoms with Gasteiger partial charge < -0.3 is 10.2 Å². The third-order valence-corrected chi connectivity index (χ3v) is 5.45. The fourth-order valence-electron chi connectivity index (χ4n) is 4.14. The van der Waals surface area contributed by atoms with Crippen LogP contribution in [0.4, 0.5) is 0 Å². The smallest absolute Gasteiger partial charge is 0.00671 e. The molecular formula is C18H36N2. The van der Waals surface area contributed by atoms with Gasteiger partial charge in [0.1, 0.15) is 0 Å². The Balaban J connectivity index is 1.90. The minimum Gasteiger partial charge on any atom is -0.316 e. The zero-order valence-corrected chi connectivity index (χ0v) is 14.1. The van der Waals surface area contributed by atoms with E-state index >= 15 is 0 Å². The fraction of sp³-hybridized carbons (Fsp3) is 1.00. The van der Waals surface area contributed by atoms with E-state index in [1.807, 2.05) is 0 Å². The molecular weight excluding hydrogens is 244 g/mol. The van der Waals surface area contributed by atoms with Gasteiger partial charge in [-0.05, 0) is 57.0 Å². The van der Waals surface area contributed by atoms with Crippen LogP contribution in [0.5, 0.6) is 0 Å². The summed E-state index contributed by atoms with van der Waals surface area (Å²) in [4.78, 5) is 2.81. The minimum absolute atomic E-state index is 0.577. The molecule has 2 heteroatoms. The highest BCUT2D eigenvalue weighted by atomic mass is 15.2. The Morgan fingerprint density at radius 2 is 1.85 bits per heavy atom. The van der Waals surface area contributed by atoms with E-state index in [1.165, 1.54) is 77.5 Å². The highest BCUT2D eigenvalue weighted by Crippen LogP contribution is 2.39. The SMILES string of the molecule is CC(C)CNCC1(CN2CCCCCC2C)CCCC1. The van der Waals surface area contributed by atoms with Crippen LogP contribution in [-0.4, -0.2) is 37.1 Å². The summed E-state index contributed by atoms with van der Waals surface area (Å²) >= 11 is 0. The summed E-state index contributed by atoms with van der Waals surface area (Å²) < 4.78 is 0. The van der Waals surface area contributed by atoms with Crippen molar-refractivity contribution in [1.29, 1.82) is 0 Å². The number of hydrogen-bond acceptors (Lipinski definition) is 2. The molecule has 1 heterocycles. The van der Waals surface area contributed by atoms with Crippen LogP contribution in [0, 0.1) is 11.3 Å². The van der Waals surface area contributed by atoms with Crippen molar-refractivity contribution in [2.45, 2.75) is 78.2 Å². The lowest BCUT2D eigenvalue weighted by molar-refractivity contribution is 0.117.